The second-order valence-corrected chi connectivity index (χ2v) is 6.41. The molecule has 1 aliphatic heterocycles. The van der Waals surface area contributed by atoms with Crippen LogP contribution < -0.4 is 14.4 Å². The first-order valence-electron chi connectivity index (χ1n) is 8.75. The average Bonchev–Trinajstić information content (AvgIpc) is 2.69. The maximum absolute atomic E-state index is 12.2. The number of methoxy groups -OCH3 is 2. The van der Waals surface area contributed by atoms with Crippen LogP contribution in [0.2, 0.25) is 0 Å². The van der Waals surface area contributed by atoms with E-state index in [-0.39, 0.29) is 0 Å². The molecule has 1 aromatic heterocycles. The van der Waals surface area contributed by atoms with Crippen LogP contribution in [-0.4, -0.2) is 66.3 Å². The SMILES string of the molecule is COc1cc(C)cc(OC)c1[C@@H](C(=O)O)N1CCN(c2cnccn2)CC1. The number of hydrogen-bond donors (Lipinski definition) is 1. The number of hydrogen-bond acceptors (Lipinski definition) is 7. The van der Waals surface area contributed by atoms with Crippen LogP contribution in [0.15, 0.2) is 30.7 Å². The van der Waals surface area contributed by atoms with Gasteiger partial charge in [0.1, 0.15) is 23.4 Å². The number of carbonyl (C=O) groups is 1. The van der Waals surface area contributed by atoms with E-state index >= 15 is 0 Å². The fourth-order valence-corrected chi connectivity index (χ4v) is 3.47. The summed E-state index contributed by atoms with van der Waals surface area (Å²) in [6.07, 6.45) is 5.01. The van der Waals surface area contributed by atoms with Gasteiger partial charge < -0.3 is 19.5 Å². The molecule has 8 heteroatoms. The molecule has 0 radical (unpaired) electrons. The molecule has 0 spiro atoms. The van der Waals surface area contributed by atoms with Crippen molar-refractivity contribution in [1.29, 1.82) is 0 Å². The zero-order chi connectivity index (χ0) is 19.4. The number of piperazine rings is 1. The van der Waals surface area contributed by atoms with Gasteiger partial charge in [0.25, 0.3) is 0 Å². The van der Waals surface area contributed by atoms with Gasteiger partial charge in [-0.05, 0) is 24.6 Å². The summed E-state index contributed by atoms with van der Waals surface area (Å²) in [7, 11) is 3.09. The van der Waals surface area contributed by atoms with E-state index in [1.807, 2.05) is 24.0 Å². The molecule has 144 valence electrons. The first-order chi connectivity index (χ1) is 13.0. The quantitative estimate of drug-likeness (QED) is 0.821. The van der Waals surface area contributed by atoms with Crippen molar-refractivity contribution in [3.8, 4) is 11.5 Å². The first-order valence-corrected chi connectivity index (χ1v) is 8.75. The molecule has 1 saturated heterocycles. The number of nitrogens with zero attached hydrogens (tertiary/aromatic N) is 4. The number of aryl methyl sites for hydroxylation is 1. The van der Waals surface area contributed by atoms with Gasteiger partial charge in [-0.15, -0.1) is 0 Å². The third-order valence-corrected chi connectivity index (χ3v) is 4.75. The Balaban J connectivity index is 1.87. The second-order valence-electron chi connectivity index (χ2n) is 6.41. The Bertz CT molecular complexity index is 767. The summed E-state index contributed by atoms with van der Waals surface area (Å²) in [4.78, 5) is 24.6. The van der Waals surface area contributed by atoms with Crippen LogP contribution in [0.25, 0.3) is 0 Å². The number of anilines is 1. The second kappa shape index (κ2) is 8.22. The number of ether oxygens (including phenoxy) is 2. The third-order valence-electron chi connectivity index (χ3n) is 4.75. The molecule has 8 nitrogen and oxygen atoms in total. The number of rotatable bonds is 6. The summed E-state index contributed by atoms with van der Waals surface area (Å²) in [5.41, 5.74) is 1.50. The molecule has 0 saturated carbocycles. The van der Waals surface area contributed by atoms with Gasteiger partial charge in [-0.3, -0.25) is 14.7 Å². The minimum Gasteiger partial charge on any atom is -0.496 e. The van der Waals surface area contributed by atoms with Gasteiger partial charge in [0.2, 0.25) is 0 Å². The maximum Gasteiger partial charge on any atom is 0.325 e. The number of benzene rings is 1. The van der Waals surface area contributed by atoms with Gasteiger partial charge in [-0.2, -0.15) is 0 Å². The highest BCUT2D eigenvalue weighted by atomic mass is 16.5. The lowest BCUT2D eigenvalue weighted by atomic mass is 9.99. The molecule has 1 fully saturated rings. The lowest BCUT2D eigenvalue weighted by Crippen LogP contribution is -2.49. The van der Waals surface area contributed by atoms with E-state index in [0.29, 0.717) is 43.2 Å². The molecular formula is C19H24N4O4. The van der Waals surface area contributed by atoms with Crippen LogP contribution in [0.5, 0.6) is 11.5 Å². The lowest BCUT2D eigenvalue weighted by Gasteiger charge is -2.38. The lowest BCUT2D eigenvalue weighted by molar-refractivity contribution is -0.143. The molecule has 2 heterocycles. The van der Waals surface area contributed by atoms with Crippen LogP contribution in [0.1, 0.15) is 17.2 Å². The minimum absolute atomic E-state index is 0.524. The van der Waals surface area contributed by atoms with Crippen molar-refractivity contribution in [1.82, 2.24) is 14.9 Å². The smallest absolute Gasteiger partial charge is 0.325 e. The van der Waals surface area contributed by atoms with E-state index < -0.39 is 12.0 Å². The molecule has 1 aromatic carbocycles. The normalized spacial score (nSPS) is 16.0. The molecular weight excluding hydrogens is 348 g/mol. The van der Waals surface area contributed by atoms with Crippen molar-refractivity contribution in [3.63, 3.8) is 0 Å². The summed E-state index contributed by atoms with van der Waals surface area (Å²) in [6.45, 7) is 4.41. The van der Waals surface area contributed by atoms with Crippen LogP contribution in [-0.2, 0) is 4.79 Å². The molecule has 0 bridgehead atoms. The van der Waals surface area contributed by atoms with Crippen molar-refractivity contribution >= 4 is 11.8 Å². The summed E-state index contributed by atoms with van der Waals surface area (Å²) in [5, 5.41) is 9.98. The Morgan fingerprint density at radius 2 is 1.74 bits per heavy atom. The highest BCUT2D eigenvalue weighted by Gasteiger charge is 2.35. The van der Waals surface area contributed by atoms with E-state index in [1.165, 1.54) is 0 Å². The van der Waals surface area contributed by atoms with E-state index in [4.69, 9.17) is 9.47 Å². The van der Waals surface area contributed by atoms with E-state index in [1.54, 1.807) is 32.8 Å². The topological polar surface area (TPSA) is 88.0 Å². The fraction of sp³-hybridized carbons (Fsp3) is 0.421. The minimum atomic E-state index is -0.927. The van der Waals surface area contributed by atoms with Crippen molar-refractivity contribution in [3.05, 3.63) is 41.9 Å². The van der Waals surface area contributed by atoms with Crippen LogP contribution >= 0.6 is 0 Å². The third kappa shape index (κ3) is 3.95. The van der Waals surface area contributed by atoms with Gasteiger partial charge in [0, 0.05) is 38.6 Å². The largest absolute Gasteiger partial charge is 0.496 e. The summed E-state index contributed by atoms with van der Waals surface area (Å²) in [5.74, 6) is 0.920. The Hall–Kier alpha value is -2.87. The standard InChI is InChI=1S/C19H24N4O4/c1-13-10-14(26-2)17(15(11-13)27-3)18(19(24)25)23-8-6-22(7-9-23)16-12-20-4-5-21-16/h4-5,10-12,18H,6-9H2,1-3H3,(H,24,25)/t18-/m0/s1. The number of carboxylic acids is 1. The number of aliphatic carboxylic acids is 1. The van der Waals surface area contributed by atoms with Gasteiger partial charge >= 0.3 is 5.97 Å². The van der Waals surface area contributed by atoms with E-state index in [2.05, 4.69) is 14.9 Å². The van der Waals surface area contributed by atoms with E-state index in [0.717, 1.165) is 11.4 Å². The van der Waals surface area contributed by atoms with Crippen LogP contribution in [0, 0.1) is 6.92 Å². The fourth-order valence-electron chi connectivity index (χ4n) is 3.47. The average molecular weight is 372 g/mol. The molecule has 1 N–H and O–H groups in total. The van der Waals surface area contributed by atoms with Gasteiger partial charge in [-0.1, -0.05) is 0 Å². The highest BCUT2D eigenvalue weighted by molar-refractivity contribution is 5.78. The Morgan fingerprint density at radius 3 is 2.22 bits per heavy atom. The predicted octanol–water partition coefficient (Wildman–Crippen LogP) is 1.75. The molecule has 1 atom stereocenters. The monoisotopic (exact) mass is 372 g/mol. The number of carboxylic acid groups (broad SMARTS) is 1. The van der Waals surface area contributed by atoms with Crippen molar-refractivity contribution < 1.29 is 19.4 Å². The Labute approximate surface area is 158 Å². The number of aromatic nitrogens is 2. The summed E-state index contributed by atoms with van der Waals surface area (Å²) in [6, 6.07) is 2.83. The van der Waals surface area contributed by atoms with Crippen molar-refractivity contribution in [2.75, 3.05) is 45.3 Å². The molecule has 0 aliphatic carbocycles. The van der Waals surface area contributed by atoms with Crippen LogP contribution in [0.3, 0.4) is 0 Å². The molecule has 1 aliphatic rings. The maximum atomic E-state index is 12.2. The van der Waals surface area contributed by atoms with Gasteiger partial charge in [0.05, 0.1) is 26.0 Å². The van der Waals surface area contributed by atoms with Crippen molar-refractivity contribution in [2.45, 2.75) is 13.0 Å². The zero-order valence-electron chi connectivity index (χ0n) is 15.8. The first kappa shape index (κ1) is 18.9. The molecule has 3 rings (SSSR count). The molecule has 27 heavy (non-hydrogen) atoms. The predicted molar refractivity (Wildman–Crippen MR) is 100 cm³/mol. The van der Waals surface area contributed by atoms with Crippen molar-refractivity contribution in [2.24, 2.45) is 0 Å². The molecule has 0 unspecified atom stereocenters. The van der Waals surface area contributed by atoms with Gasteiger partial charge in [-0.25, -0.2) is 4.98 Å². The zero-order valence-corrected chi connectivity index (χ0v) is 15.8. The van der Waals surface area contributed by atoms with Gasteiger partial charge in [0.15, 0.2) is 0 Å². The van der Waals surface area contributed by atoms with Crippen LogP contribution in [0.4, 0.5) is 5.82 Å². The Morgan fingerprint density at radius 1 is 1.11 bits per heavy atom. The molecule has 0 amide bonds. The van der Waals surface area contributed by atoms with E-state index in [9.17, 15) is 9.90 Å². The molecule has 2 aromatic rings. The summed E-state index contributed by atoms with van der Waals surface area (Å²) >= 11 is 0. The Kier molecular flexibility index (Phi) is 5.75. The summed E-state index contributed by atoms with van der Waals surface area (Å²) < 4.78 is 11.0. The highest BCUT2D eigenvalue weighted by Crippen LogP contribution is 2.39.